The van der Waals surface area contributed by atoms with E-state index < -0.39 is 0 Å². The average molecular weight is 451 g/mol. The minimum atomic E-state index is 0.694. The van der Waals surface area contributed by atoms with Gasteiger partial charge < -0.3 is 10.6 Å². The Labute approximate surface area is 198 Å². The zero-order valence-corrected chi connectivity index (χ0v) is 18.7. The van der Waals surface area contributed by atoms with E-state index in [1.807, 2.05) is 48.8 Å². The van der Waals surface area contributed by atoms with Crippen LogP contribution in [0.15, 0.2) is 93.0 Å². The van der Waals surface area contributed by atoms with Crippen LogP contribution < -0.4 is 21.5 Å². The molecule has 2 aliphatic rings. The Kier molecular flexibility index (Phi) is 6.57. The molecule has 0 saturated heterocycles. The van der Waals surface area contributed by atoms with Gasteiger partial charge in [-0.3, -0.25) is 0 Å². The van der Waals surface area contributed by atoms with E-state index in [9.17, 15) is 0 Å². The van der Waals surface area contributed by atoms with Gasteiger partial charge in [-0.25, -0.2) is 20.8 Å². The van der Waals surface area contributed by atoms with Crippen LogP contribution in [0.25, 0.3) is 22.3 Å². The quantitative estimate of drug-likeness (QED) is 0.343. The number of nitrogens with zero attached hydrogens (tertiary/aromatic N) is 4. The van der Waals surface area contributed by atoms with E-state index in [2.05, 4.69) is 78.1 Å². The molecule has 3 aromatic rings. The summed E-state index contributed by atoms with van der Waals surface area (Å²) in [6, 6.07) is 24.9. The smallest absolute Gasteiger partial charge is 0.212 e. The van der Waals surface area contributed by atoms with Gasteiger partial charge >= 0.3 is 0 Å². The van der Waals surface area contributed by atoms with Gasteiger partial charge in [0, 0.05) is 24.2 Å². The van der Waals surface area contributed by atoms with Gasteiger partial charge in [-0.2, -0.15) is 10.2 Å². The lowest BCUT2D eigenvalue weighted by molar-refractivity contribution is 0.919. The Balaban J connectivity index is 1.56. The molecule has 170 valence electrons. The molecule has 5 rings (SSSR count). The van der Waals surface area contributed by atoms with Crippen molar-refractivity contribution in [2.45, 2.75) is 0 Å². The van der Waals surface area contributed by atoms with Gasteiger partial charge in [-0.05, 0) is 34.4 Å². The summed E-state index contributed by atoms with van der Waals surface area (Å²) in [4.78, 5) is 8.67. The van der Waals surface area contributed by atoms with Crippen LogP contribution in [0.1, 0.15) is 11.1 Å². The van der Waals surface area contributed by atoms with Gasteiger partial charge in [0.1, 0.15) is 0 Å². The SMILES string of the molecule is C(=N\NC1=NCCN1)/c1cc(-c2ccccc2)c(/C=N/NC2=NCCN2)cc1-c1ccccc1. The lowest BCUT2D eigenvalue weighted by Crippen LogP contribution is -2.30. The van der Waals surface area contributed by atoms with Crippen molar-refractivity contribution in [3.8, 4) is 22.3 Å². The second-order valence-corrected chi connectivity index (χ2v) is 7.81. The molecule has 0 radical (unpaired) electrons. The predicted octanol–water partition coefficient (Wildman–Crippen LogP) is 2.79. The monoisotopic (exact) mass is 450 g/mol. The highest BCUT2D eigenvalue weighted by molar-refractivity contribution is 6.00. The highest BCUT2D eigenvalue weighted by Gasteiger charge is 2.12. The highest BCUT2D eigenvalue weighted by atomic mass is 15.4. The molecule has 2 heterocycles. The Morgan fingerprint density at radius 3 is 1.47 bits per heavy atom. The Morgan fingerprint density at radius 1 is 0.647 bits per heavy atom. The third-order valence-electron chi connectivity index (χ3n) is 5.49. The Morgan fingerprint density at radius 2 is 1.09 bits per heavy atom. The summed E-state index contributed by atoms with van der Waals surface area (Å²) in [6.07, 6.45) is 3.68. The van der Waals surface area contributed by atoms with Crippen molar-refractivity contribution in [3.05, 3.63) is 83.9 Å². The fraction of sp³-hybridized carbons (Fsp3) is 0.154. The summed E-state index contributed by atoms with van der Waals surface area (Å²) in [7, 11) is 0. The van der Waals surface area contributed by atoms with Crippen LogP contribution in [0.2, 0.25) is 0 Å². The third-order valence-corrected chi connectivity index (χ3v) is 5.49. The van der Waals surface area contributed by atoms with Crippen LogP contribution in [0.3, 0.4) is 0 Å². The fourth-order valence-corrected chi connectivity index (χ4v) is 3.85. The molecule has 4 N–H and O–H groups in total. The van der Waals surface area contributed by atoms with Crippen LogP contribution in [0, 0.1) is 0 Å². The Bertz CT molecular complexity index is 1150. The molecule has 2 aliphatic heterocycles. The van der Waals surface area contributed by atoms with Crippen LogP contribution in [0.5, 0.6) is 0 Å². The first-order chi connectivity index (χ1) is 16.9. The summed E-state index contributed by atoms with van der Waals surface area (Å²) >= 11 is 0. The van der Waals surface area contributed by atoms with E-state index in [4.69, 9.17) is 0 Å². The van der Waals surface area contributed by atoms with Crippen LogP contribution in [-0.4, -0.2) is 50.5 Å². The normalized spacial score (nSPS) is 15.2. The predicted molar refractivity (Wildman–Crippen MR) is 139 cm³/mol. The van der Waals surface area contributed by atoms with Crippen molar-refractivity contribution in [1.82, 2.24) is 21.5 Å². The standard InChI is InChI=1S/C26H26N8/c1-3-7-19(8-4-1)23-15-22(18-32-34-26-29-13-14-30-26)24(20-9-5-2-6-10-20)16-21(23)17-31-33-25-27-11-12-28-25/h1-10,15-18H,11-14H2,(H2,27,28,33)(H2,29,30,34)/b31-17+,32-18+. The third kappa shape index (κ3) is 5.12. The van der Waals surface area contributed by atoms with Crippen LogP contribution in [0.4, 0.5) is 0 Å². The molecule has 34 heavy (non-hydrogen) atoms. The van der Waals surface area contributed by atoms with Gasteiger partial charge in [0.2, 0.25) is 11.9 Å². The molecule has 0 unspecified atom stereocenters. The number of rotatable bonds is 6. The summed E-state index contributed by atoms with van der Waals surface area (Å²) in [5.74, 6) is 1.39. The molecule has 3 aromatic carbocycles. The second kappa shape index (κ2) is 10.4. The zero-order chi connectivity index (χ0) is 23.0. The molecular weight excluding hydrogens is 424 g/mol. The first-order valence-electron chi connectivity index (χ1n) is 11.3. The molecule has 0 aromatic heterocycles. The summed E-state index contributed by atoms with van der Waals surface area (Å²) in [5, 5.41) is 15.2. The van der Waals surface area contributed by atoms with Gasteiger partial charge in [-0.15, -0.1) is 0 Å². The number of hydrazone groups is 2. The van der Waals surface area contributed by atoms with Crippen LogP contribution in [-0.2, 0) is 0 Å². The first-order valence-corrected chi connectivity index (χ1v) is 11.3. The second-order valence-electron chi connectivity index (χ2n) is 7.81. The van der Waals surface area contributed by atoms with E-state index in [1.54, 1.807) is 0 Å². The van der Waals surface area contributed by atoms with Crippen molar-refractivity contribution < 1.29 is 0 Å². The van der Waals surface area contributed by atoms with E-state index in [-0.39, 0.29) is 0 Å². The maximum absolute atomic E-state index is 4.45. The molecule has 8 heteroatoms. The maximum atomic E-state index is 4.45. The fourth-order valence-electron chi connectivity index (χ4n) is 3.85. The van der Waals surface area contributed by atoms with E-state index in [0.717, 1.165) is 59.6 Å². The van der Waals surface area contributed by atoms with E-state index >= 15 is 0 Å². The average Bonchev–Trinajstić information content (AvgIpc) is 3.60. The molecule has 0 atom stereocenters. The summed E-state index contributed by atoms with van der Waals surface area (Å²) in [6.45, 7) is 3.18. The van der Waals surface area contributed by atoms with Gasteiger partial charge in [0.05, 0.1) is 25.5 Å². The largest absolute Gasteiger partial charge is 0.353 e. The Hall–Kier alpha value is -4.46. The van der Waals surface area contributed by atoms with Crippen LogP contribution >= 0.6 is 0 Å². The molecule has 0 amide bonds. The maximum Gasteiger partial charge on any atom is 0.212 e. The number of aliphatic imine (C=N–C) groups is 2. The number of nitrogens with one attached hydrogen (secondary N) is 4. The molecule has 0 bridgehead atoms. The van der Waals surface area contributed by atoms with Crippen molar-refractivity contribution >= 4 is 24.3 Å². The van der Waals surface area contributed by atoms with Crippen molar-refractivity contribution in [2.24, 2.45) is 20.2 Å². The number of guanidine groups is 2. The highest BCUT2D eigenvalue weighted by Crippen LogP contribution is 2.31. The van der Waals surface area contributed by atoms with Crippen molar-refractivity contribution in [2.75, 3.05) is 26.2 Å². The van der Waals surface area contributed by atoms with Gasteiger partial charge in [0.25, 0.3) is 0 Å². The van der Waals surface area contributed by atoms with Crippen molar-refractivity contribution in [3.63, 3.8) is 0 Å². The van der Waals surface area contributed by atoms with E-state index in [0.29, 0.717) is 11.9 Å². The summed E-state index contributed by atoms with van der Waals surface area (Å²) < 4.78 is 0. The molecule has 8 nitrogen and oxygen atoms in total. The van der Waals surface area contributed by atoms with Gasteiger partial charge in [0.15, 0.2) is 0 Å². The molecule has 0 fully saturated rings. The van der Waals surface area contributed by atoms with Crippen molar-refractivity contribution in [1.29, 1.82) is 0 Å². The molecule has 0 saturated carbocycles. The van der Waals surface area contributed by atoms with Gasteiger partial charge in [-0.1, -0.05) is 60.7 Å². The molecule has 0 aliphatic carbocycles. The molecular formula is C26H26N8. The first kappa shape index (κ1) is 21.4. The minimum absolute atomic E-state index is 0.694. The zero-order valence-electron chi connectivity index (χ0n) is 18.7. The lowest BCUT2D eigenvalue weighted by atomic mass is 9.91. The molecule has 0 spiro atoms. The topological polar surface area (TPSA) is 97.6 Å². The number of benzene rings is 3. The lowest BCUT2D eigenvalue weighted by Gasteiger charge is -2.14. The number of hydrogen-bond acceptors (Lipinski definition) is 8. The number of hydrogen-bond donors (Lipinski definition) is 4. The summed E-state index contributed by atoms with van der Waals surface area (Å²) in [5.41, 5.74) is 12.3. The minimum Gasteiger partial charge on any atom is -0.353 e. The van der Waals surface area contributed by atoms with E-state index in [1.165, 1.54) is 0 Å².